The van der Waals surface area contributed by atoms with Gasteiger partial charge in [0.1, 0.15) is 0 Å². The summed E-state index contributed by atoms with van der Waals surface area (Å²) < 4.78 is 23.9. The molecule has 1 aromatic rings. The normalized spacial score (nSPS) is 11.7. The van der Waals surface area contributed by atoms with E-state index in [2.05, 4.69) is 5.32 Å². The number of nitrogens with zero attached hydrogens (tertiary/aromatic N) is 1. The van der Waals surface area contributed by atoms with Crippen LogP contribution in [0.2, 0.25) is 0 Å². The van der Waals surface area contributed by atoms with Crippen molar-refractivity contribution in [3.63, 3.8) is 0 Å². The molecule has 1 aromatic carbocycles. The molecule has 2 N–H and O–H groups in total. The minimum atomic E-state index is -2.37. The van der Waals surface area contributed by atoms with Crippen LogP contribution >= 0.6 is 0 Å². The predicted molar refractivity (Wildman–Crippen MR) is 61.9 cm³/mol. The Morgan fingerprint density at radius 3 is 2.69 bits per heavy atom. The molecule has 0 bridgehead atoms. The van der Waals surface area contributed by atoms with Gasteiger partial charge in [-0.2, -0.15) is 4.21 Å². The molecule has 0 spiro atoms. The smallest absolute Gasteiger partial charge is 0.357 e. The zero-order valence-electron chi connectivity index (χ0n) is 8.84. The maximum absolute atomic E-state index is 10.6. The van der Waals surface area contributed by atoms with Crippen LogP contribution in [0.15, 0.2) is 18.2 Å². The van der Waals surface area contributed by atoms with Crippen LogP contribution in [-0.2, 0) is 16.2 Å². The summed E-state index contributed by atoms with van der Waals surface area (Å²) in [6.07, 6.45) is 0.555. The maximum atomic E-state index is 10.6. The summed E-state index contributed by atoms with van der Waals surface area (Å²) in [7, 11) is 3.51. The fourth-order valence-corrected chi connectivity index (χ4v) is 1.47. The molecule has 7 heteroatoms. The Morgan fingerprint density at radius 1 is 1.50 bits per heavy atom. The lowest BCUT2D eigenvalue weighted by atomic mass is 10.2. The summed E-state index contributed by atoms with van der Waals surface area (Å²) in [6.45, 7) is 0. The van der Waals surface area contributed by atoms with Crippen LogP contribution in [-0.4, -0.2) is 29.3 Å². The Morgan fingerprint density at radius 2 is 2.19 bits per heavy atom. The first kappa shape index (κ1) is 12.5. The fourth-order valence-electron chi connectivity index (χ4n) is 1.17. The van der Waals surface area contributed by atoms with E-state index in [9.17, 15) is 9.00 Å². The van der Waals surface area contributed by atoms with Gasteiger partial charge in [-0.15, -0.1) is 0 Å². The Labute approximate surface area is 95.7 Å². The molecule has 0 aliphatic heterocycles. The Hall–Kier alpha value is -1.60. The highest BCUT2D eigenvalue weighted by Gasteiger charge is 2.09. The van der Waals surface area contributed by atoms with E-state index in [1.807, 2.05) is 0 Å². The van der Waals surface area contributed by atoms with Crippen LogP contribution < -0.4 is 14.4 Å². The van der Waals surface area contributed by atoms with Crippen molar-refractivity contribution >= 4 is 29.1 Å². The number of nitrogens with one attached hydrogen (secondary N) is 1. The molecule has 0 radical (unpaired) electrons. The van der Waals surface area contributed by atoms with Crippen molar-refractivity contribution in [1.29, 1.82) is 0 Å². The van der Waals surface area contributed by atoms with Gasteiger partial charge in [0, 0.05) is 19.8 Å². The third-order valence-electron chi connectivity index (χ3n) is 1.83. The molecule has 0 saturated carbocycles. The topological polar surface area (TPSA) is 78.9 Å². The molecule has 6 nitrogen and oxygen atoms in total. The average molecular weight is 244 g/mol. The van der Waals surface area contributed by atoms with E-state index in [1.165, 1.54) is 6.07 Å². The number of benzene rings is 1. The average Bonchev–Trinajstić information content (AvgIpc) is 2.19. The van der Waals surface area contributed by atoms with Gasteiger partial charge in [0.25, 0.3) is 0 Å². The summed E-state index contributed by atoms with van der Waals surface area (Å²) in [5, 5.41) is 2.48. The molecular weight excluding hydrogens is 232 g/mol. The van der Waals surface area contributed by atoms with E-state index < -0.39 is 11.4 Å². The standard InChI is InChI=1S/C9H12N2O4S/c1-11(2)8-5-7(10-6-12)3-4-9(8)15-16(13)14/h3-6H,1-2H3,(H,10,12)(H,13,14). The lowest BCUT2D eigenvalue weighted by Gasteiger charge is -2.17. The fraction of sp³-hybridized carbons (Fsp3) is 0.222. The first-order valence-corrected chi connectivity index (χ1v) is 5.38. The van der Waals surface area contributed by atoms with Gasteiger partial charge in [0.2, 0.25) is 6.41 Å². The molecule has 0 heterocycles. The number of hydrogen-bond donors (Lipinski definition) is 2. The molecule has 88 valence electrons. The number of anilines is 2. The van der Waals surface area contributed by atoms with Gasteiger partial charge in [-0.3, -0.25) is 9.35 Å². The summed E-state index contributed by atoms with van der Waals surface area (Å²) in [5.74, 6) is 0.266. The molecule has 0 aliphatic carbocycles. The predicted octanol–water partition coefficient (Wildman–Crippen LogP) is 0.836. The summed E-state index contributed by atoms with van der Waals surface area (Å²) in [6, 6.07) is 4.72. The van der Waals surface area contributed by atoms with E-state index in [1.54, 1.807) is 31.1 Å². The molecule has 0 fully saturated rings. The summed E-state index contributed by atoms with van der Waals surface area (Å²) in [4.78, 5) is 12.0. The highest BCUT2D eigenvalue weighted by Crippen LogP contribution is 2.30. The zero-order valence-corrected chi connectivity index (χ0v) is 9.65. The Kier molecular flexibility index (Phi) is 4.27. The molecule has 1 amide bonds. The molecule has 1 atom stereocenters. The van der Waals surface area contributed by atoms with Gasteiger partial charge in [-0.05, 0) is 18.2 Å². The molecule has 0 saturated heterocycles. The first-order chi connectivity index (χ1) is 7.54. The number of carbonyl (C=O) groups excluding carboxylic acids is 1. The van der Waals surface area contributed by atoms with Crippen LogP contribution in [0.1, 0.15) is 0 Å². The second-order valence-corrected chi connectivity index (χ2v) is 3.74. The molecule has 0 aliphatic rings. The van der Waals surface area contributed by atoms with Crippen molar-refractivity contribution in [2.24, 2.45) is 0 Å². The van der Waals surface area contributed by atoms with Crippen molar-refractivity contribution in [2.45, 2.75) is 0 Å². The second kappa shape index (κ2) is 5.47. The molecule has 0 aromatic heterocycles. The molecule has 1 rings (SSSR count). The Balaban J connectivity index is 3.08. The number of rotatable bonds is 5. The van der Waals surface area contributed by atoms with E-state index >= 15 is 0 Å². The van der Waals surface area contributed by atoms with Crippen molar-refractivity contribution in [3.8, 4) is 5.75 Å². The highest BCUT2D eigenvalue weighted by atomic mass is 32.2. The third kappa shape index (κ3) is 3.21. The zero-order chi connectivity index (χ0) is 12.1. The number of amides is 1. The van der Waals surface area contributed by atoms with Gasteiger partial charge in [0.15, 0.2) is 5.75 Å². The van der Waals surface area contributed by atoms with E-state index in [-0.39, 0.29) is 5.75 Å². The lowest BCUT2D eigenvalue weighted by molar-refractivity contribution is -0.105. The van der Waals surface area contributed by atoms with Gasteiger partial charge in [-0.1, -0.05) is 0 Å². The van der Waals surface area contributed by atoms with Crippen molar-refractivity contribution in [2.75, 3.05) is 24.3 Å². The monoisotopic (exact) mass is 244 g/mol. The van der Waals surface area contributed by atoms with Gasteiger partial charge < -0.3 is 14.4 Å². The van der Waals surface area contributed by atoms with Crippen LogP contribution in [0.4, 0.5) is 11.4 Å². The SMILES string of the molecule is CN(C)c1cc(NC=O)ccc1OS(=O)O. The molecule has 16 heavy (non-hydrogen) atoms. The van der Waals surface area contributed by atoms with Crippen LogP contribution in [0.25, 0.3) is 0 Å². The number of carbonyl (C=O) groups is 1. The van der Waals surface area contributed by atoms with Crippen LogP contribution in [0.3, 0.4) is 0 Å². The maximum Gasteiger partial charge on any atom is 0.357 e. The summed E-state index contributed by atoms with van der Waals surface area (Å²) in [5.41, 5.74) is 1.17. The minimum absolute atomic E-state index is 0.266. The van der Waals surface area contributed by atoms with Gasteiger partial charge in [0.05, 0.1) is 5.69 Å². The third-order valence-corrected chi connectivity index (χ3v) is 2.15. The van der Waals surface area contributed by atoms with E-state index in [4.69, 9.17) is 8.74 Å². The van der Waals surface area contributed by atoms with Gasteiger partial charge in [-0.25, -0.2) is 0 Å². The second-order valence-electron chi connectivity index (χ2n) is 3.14. The van der Waals surface area contributed by atoms with Crippen LogP contribution in [0.5, 0.6) is 5.75 Å². The quantitative estimate of drug-likeness (QED) is 0.592. The largest absolute Gasteiger partial charge is 0.378 e. The van der Waals surface area contributed by atoms with Crippen molar-refractivity contribution in [1.82, 2.24) is 0 Å². The van der Waals surface area contributed by atoms with E-state index in [0.717, 1.165) is 0 Å². The number of hydrogen-bond acceptors (Lipinski definition) is 4. The highest BCUT2D eigenvalue weighted by molar-refractivity contribution is 7.74. The lowest BCUT2D eigenvalue weighted by Crippen LogP contribution is -2.12. The van der Waals surface area contributed by atoms with Crippen LogP contribution in [0, 0.1) is 0 Å². The molecule has 1 unspecified atom stereocenters. The molecular formula is C9H12N2O4S. The Bertz CT molecular complexity index is 408. The van der Waals surface area contributed by atoms with Crippen molar-refractivity contribution < 1.29 is 17.7 Å². The summed E-state index contributed by atoms with van der Waals surface area (Å²) >= 11 is -2.37. The van der Waals surface area contributed by atoms with Gasteiger partial charge >= 0.3 is 11.4 Å². The van der Waals surface area contributed by atoms with Crippen molar-refractivity contribution in [3.05, 3.63) is 18.2 Å². The first-order valence-electron chi connectivity index (χ1n) is 4.35. The minimum Gasteiger partial charge on any atom is -0.378 e. The van der Waals surface area contributed by atoms with E-state index in [0.29, 0.717) is 17.8 Å².